The summed E-state index contributed by atoms with van der Waals surface area (Å²) in [4.78, 5) is 14.4. The van der Waals surface area contributed by atoms with Crippen molar-refractivity contribution in [2.45, 2.75) is 6.54 Å². The SMILES string of the molecule is NCc1cccnc1Oc1cccc([N+](=O)[O-])c1Br. The molecule has 0 aliphatic rings. The van der Waals surface area contributed by atoms with Gasteiger partial charge >= 0.3 is 0 Å². The third-order valence-corrected chi connectivity index (χ3v) is 3.21. The van der Waals surface area contributed by atoms with Crippen LogP contribution in [0.3, 0.4) is 0 Å². The van der Waals surface area contributed by atoms with E-state index in [2.05, 4.69) is 20.9 Å². The zero-order valence-electron chi connectivity index (χ0n) is 9.75. The number of rotatable bonds is 4. The van der Waals surface area contributed by atoms with Crippen molar-refractivity contribution in [2.24, 2.45) is 5.73 Å². The molecular formula is C12H10BrN3O3. The second-order valence-electron chi connectivity index (χ2n) is 3.62. The molecule has 2 rings (SSSR count). The Labute approximate surface area is 117 Å². The topological polar surface area (TPSA) is 91.3 Å². The van der Waals surface area contributed by atoms with Gasteiger partial charge < -0.3 is 10.5 Å². The van der Waals surface area contributed by atoms with E-state index >= 15 is 0 Å². The van der Waals surface area contributed by atoms with Crippen LogP contribution in [0.4, 0.5) is 5.69 Å². The highest BCUT2D eigenvalue weighted by atomic mass is 79.9. The molecule has 2 aromatic rings. The Hall–Kier alpha value is -1.99. The summed E-state index contributed by atoms with van der Waals surface area (Å²) in [5, 5.41) is 10.8. The van der Waals surface area contributed by atoms with Gasteiger partial charge in [-0.25, -0.2) is 4.98 Å². The van der Waals surface area contributed by atoms with E-state index in [4.69, 9.17) is 10.5 Å². The van der Waals surface area contributed by atoms with Crippen molar-refractivity contribution < 1.29 is 9.66 Å². The Bertz CT molecular complexity index is 619. The average molecular weight is 324 g/mol. The third kappa shape index (κ3) is 2.88. The monoisotopic (exact) mass is 323 g/mol. The van der Waals surface area contributed by atoms with Crippen LogP contribution in [0.5, 0.6) is 11.6 Å². The van der Waals surface area contributed by atoms with E-state index < -0.39 is 4.92 Å². The van der Waals surface area contributed by atoms with Crippen LogP contribution in [0.15, 0.2) is 41.0 Å². The molecular weight excluding hydrogens is 314 g/mol. The molecule has 0 radical (unpaired) electrons. The summed E-state index contributed by atoms with van der Waals surface area (Å²) in [6.45, 7) is 0.274. The maximum atomic E-state index is 10.8. The third-order valence-electron chi connectivity index (χ3n) is 2.42. The number of halogens is 1. The Morgan fingerprint density at radius 2 is 2.16 bits per heavy atom. The van der Waals surface area contributed by atoms with Crippen LogP contribution in [-0.4, -0.2) is 9.91 Å². The largest absolute Gasteiger partial charge is 0.437 e. The van der Waals surface area contributed by atoms with Crippen molar-refractivity contribution in [1.29, 1.82) is 0 Å². The minimum atomic E-state index is -0.487. The Balaban J connectivity index is 2.39. The van der Waals surface area contributed by atoms with Gasteiger partial charge in [0, 0.05) is 24.4 Å². The van der Waals surface area contributed by atoms with Crippen molar-refractivity contribution in [3.8, 4) is 11.6 Å². The van der Waals surface area contributed by atoms with Crippen molar-refractivity contribution in [3.63, 3.8) is 0 Å². The number of nitrogens with zero attached hydrogens (tertiary/aromatic N) is 2. The van der Waals surface area contributed by atoms with Crippen LogP contribution in [0.1, 0.15) is 5.56 Å². The molecule has 1 aromatic heterocycles. The Morgan fingerprint density at radius 3 is 2.84 bits per heavy atom. The van der Waals surface area contributed by atoms with Gasteiger partial charge in [0.15, 0.2) is 5.75 Å². The summed E-state index contributed by atoms with van der Waals surface area (Å²) in [6, 6.07) is 8.08. The van der Waals surface area contributed by atoms with Gasteiger partial charge in [-0.05, 0) is 28.1 Å². The fourth-order valence-corrected chi connectivity index (χ4v) is 1.98. The van der Waals surface area contributed by atoms with Crippen molar-refractivity contribution in [3.05, 3.63) is 56.7 Å². The summed E-state index contributed by atoms with van der Waals surface area (Å²) in [7, 11) is 0. The summed E-state index contributed by atoms with van der Waals surface area (Å²) in [5.74, 6) is 0.661. The first kappa shape index (κ1) is 13.4. The van der Waals surface area contributed by atoms with Crippen molar-refractivity contribution in [2.75, 3.05) is 0 Å². The minimum absolute atomic E-state index is 0.0669. The normalized spacial score (nSPS) is 10.2. The van der Waals surface area contributed by atoms with E-state index in [-0.39, 0.29) is 16.7 Å². The standard InChI is InChI=1S/C12H10BrN3O3/c13-11-9(16(17)18)4-1-5-10(11)19-12-8(7-14)3-2-6-15-12/h1-6H,7,14H2. The van der Waals surface area contributed by atoms with Gasteiger partial charge in [0.25, 0.3) is 5.69 Å². The number of nitro benzene ring substituents is 1. The van der Waals surface area contributed by atoms with E-state index in [9.17, 15) is 10.1 Å². The van der Waals surface area contributed by atoms with E-state index in [1.54, 1.807) is 30.5 Å². The van der Waals surface area contributed by atoms with Crippen molar-refractivity contribution >= 4 is 21.6 Å². The highest BCUT2D eigenvalue weighted by molar-refractivity contribution is 9.10. The molecule has 6 nitrogen and oxygen atoms in total. The average Bonchev–Trinajstić information content (AvgIpc) is 2.41. The van der Waals surface area contributed by atoms with E-state index in [1.807, 2.05) is 0 Å². The lowest BCUT2D eigenvalue weighted by Crippen LogP contribution is -2.01. The number of nitrogens with two attached hydrogens (primary N) is 1. The Kier molecular flexibility index (Phi) is 4.08. The molecule has 19 heavy (non-hydrogen) atoms. The van der Waals surface area contributed by atoms with Crippen LogP contribution < -0.4 is 10.5 Å². The number of benzene rings is 1. The first-order valence-electron chi connectivity index (χ1n) is 5.38. The molecule has 7 heteroatoms. The maximum absolute atomic E-state index is 10.8. The van der Waals surface area contributed by atoms with Gasteiger partial charge in [0.2, 0.25) is 5.88 Å². The van der Waals surface area contributed by atoms with Crippen molar-refractivity contribution in [1.82, 2.24) is 4.98 Å². The maximum Gasteiger partial charge on any atom is 0.287 e. The zero-order chi connectivity index (χ0) is 13.8. The van der Waals surface area contributed by atoms with E-state index in [0.29, 0.717) is 11.6 Å². The first-order valence-corrected chi connectivity index (χ1v) is 6.17. The molecule has 0 aliphatic heterocycles. The molecule has 0 spiro atoms. The molecule has 0 saturated heterocycles. The van der Waals surface area contributed by atoms with Crippen LogP contribution in [0.2, 0.25) is 0 Å². The van der Waals surface area contributed by atoms with Gasteiger partial charge in [0.1, 0.15) is 4.47 Å². The smallest absolute Gasteiger partial charge is 0.287 e. The van der Waals surface area contributed by atoms with Gasteiger partial charge in [-0.3, -0.25) is 10.1 Å². The van der Waals surface area contributed by atoms with Crippen LogP contribution in [-0.2, 0) is 6.54 Å². The molecule has 1 aromatic carbocycles. The summed E-state index contributed by atoms with van der Waals surface area (Å²) < 4.78 is 5.85. The second kappa shape index (κ2) is 5.77. The molecule has 0 aliphatic carbocycles. The lowest BCUT2D eigenvalue weighted by molar-refractivity contribution is -0.385. The first-order chi connectivity index (χ1) is 9.13. The fraction of sp³-hybridized carbons (Fsp3) is 0.0833. The van der Waals surface area contributed by atoms with Gasteiger partial charge in [-0.2, -0.15) is 0 Å². The van der Waals surface area contributed by atoms with Gasteiger partial charge in [-0.15, -0.1) is 0 Å². The summed E-state index contributed by atoms with van der Waals surface area (Å²) >= 11 is 3.16. The predicted molar refractivity (Wildman–Crippen MR) is 73.0 cm³/mol. The number of nitro groups is 1. The van der Waals surface area contributed by atoms with E-state index in [0.717, 1.165) is 5.56 Å². The Morgan fingerprint density at radius 1 is 1.37 bits per heavy atom. The van der Waals surface area contributed by atoms with Gasteiger partial charge in [-0.1, -0.05) is 12.1 Å². The van der Waals surface area contributed by atoms with Crippen LogP contribution in [0.25, 0.3) is 0 Å². The quantitative estimate of drug-likeness (QED) is 0.689. The number of aromatic nitrogens is 1. The highest BCUT2D eigenvalue weighted by Crippen LogP contribution is 2.36. The summed E-state index contributed by atoms with van der Waals surface area (Å²) in [6.07, 6.45) is 1.57. The van der Waals surface area contributed by atoms with Gasteiger partial charge in [0.05, 0.1) is 4.92 Å². The zero-order valence-corrected chi connectivity index (χ0v) is 11.3. The molecule has 0 saturated carbocycles. The lowest BCUT2D eigenvalue weighted by Gasteiger charge is -2.09. The fourth-order valence-electron chi connectivity index (χ4n) is 1.49. The van der Waals surface area contributed by atoms with E-state index in [1.165, 1.54) is 6.07 Å². The molecule has 0 atom stereocenters. The molecule has 0 amide bonds. The lowest BCUT2D eigenvalue weighted by atomic mass is 10.2. The molecule has 0 fully saturated rings. The molecule has 98 valence electrons. The molecule has 0 bridgehead atoms. The number of hydrogen-bond acceptors (Lipinski definition) is 5. The molecule has 1 heterocycles. The second-order valence-corrected chi connectivity index (χ2v) is 4.41. The molecule has 0 unspecified atom stereocenters. The predicted octanol–water partition coefficient (Wildman–Crippen LogP) is 3.00. The highest BCUT2D eigenvalue weighted by Gasteiger charge is 2.17. The minimum Gasteiger partial charge on any atom is -0.437 e. The van der Waals surface area contributed by atoms with Crippen LogP contribution in [0, 0.1) is 10.1 Å². The number of hydrogen-bond donors (Lipinski definition) is 1. The number of ether oxygens (including phenoxy) is 1. The van der Waals surface area contributed by atoms with Crippen LogP contribution >= 0.6 is 15.9 Å². The molecule has 2 N–H and O–H groups in total. The number of pyridine rings is 1. The summed E-state index contributed by atoms with van der Waals surface area (Å²) in [5.41, 5.74) is 6.24.